The summed E-state index contributed by atoms with van der Waals surface area (Å²) in [5.74, 6) is -0.713. The Morgan fingerprint density at radius 3 is 2.33 bits per heavy atom. The highest BCUT2D eigenvalue weighted by Gasteiger charge is 2.41. The average molecular weight is 511 g/mol. The topological polar surface area (TPSA) is 131 Å². The first kappa shape index (κ1) is 24.0. The molecule has 0 saturated heterocycles. The maximum atomic E-state index is 13.4. The normalized spacial score (nSPS) is 17.9. The largest absolute Gasteiger partial charge is 0.480 e. The predicted octanol–water partition coefficient (Wildman–Crippen LogP) is 3.25. The number of anilines is 1. The summed E-state index contributed by atoms with van der Waals surface area (Å²) in [6.45, 7) is 0.335. The molecular formula is C25H26N4O6S. The minimum Gasteiger partial charge on any atom is -0.480 e. The van der Waals surface area contributed by atoms with Crippen LogP contribution in [-0.4, -0.2) is 52.1 Å². The number of hydrogen-bond donors (Lipinski definition) is 2. The molecule has 1 atom stereocenters. The standard InChI is InChI=1S/C25H26N4O6S/c1-28-15-26-21-13-29(23(24(30)31)12-22(21)28)36(33,34)20-10-6-18(7-11-20)17-4-8-19(9-5-17)27-25(32)35-14-16-2-3-16/h4-11,15-16,23H,2-3,12-14H2,1H3,(H,27,32)(H,30,31)/t23-/m1/s1. The summed E-state index contributed by atoms with van der Waals surface area (Å²) < 4.78 is 34.7. The Morgan fingerprint density at radius 2 is 1.72 bits per heavy atom. The number of nitrogens with zero attached hydrogens (tertiary/aromatic N) is 3. The van der Waals surface area contributed by atoms with Crippen LogP contribution in [0.1, 0.15) is 24.2 Å². The van der Waals surface area contributed by atoms with Crippen LogP contribution in [0, 0.1) is 5.92 Å². The lowest BCUT2D eigenvalue weighted by molar-refractivity contribution is -0.141. The molecule has 1 aliphatic heterocycles. The van der Waals surface area contributed by atoms with Crippen LogP contribution in [0.4, 0.5) is 10.5 Å². The van der Waals surface area contributed by atoms with E-state index in [1.165, 1.54) is 12.1 Å². The molecular weight excluding hydrogens is 484 g/mol. The van der Waals surface area contributed by atoms with E-state index in [1.54, 1.807) is 42.2 Å². The number of carboxylic acid groups (broad SMARTS) is 1. The smallest absolute Gasteiger partial charge is 0.411 e. The Balaban J connectivity index is 1.30. The van der Waals surface area contributed by atoms with E-state index >= 15 is 0 Å². The lowest BCUT2D eigenvalue weighted by Crippen LogP contribution is -2.48. The third-order valence-electron chi connectivity index (χ3n) is 6.54. The van der Waals surface area contributed by atoms with Crippen LogP contribution in [0.25, 0.3) is 11.1 Å². The molecule has 188 valence electrons. The molecule has 10 nitrogen and oxygen atoms in total. The number of sulfonamides is 1. The molecule has 0 radical (unpaired) electrons. The first-order chi connectivity index (χ1) is 17.2. The van der Waals surface area contributed by atoms with E-state index in [-0.39, 0.29) is 17.9 Å². The number of benzene rings is 2. The molecule has 5 rings (SSSR count). The second kappa shape index (κ2) is 9.40. The fraction of sp³-hybridized carbons (Fsp3) is 0.320. The fourth-order valence-electron chi connectivity index (χ4n) is 4.24. The van der Waals surface area contributed by atoms with Gasteiger partial charge in [-0.15, -0.1) is 0 Å². The molecule has 2 aliphatic rings. The van der Waals surface area contributed by atoms with E-state index < -0.39 is 28.1 Å². The Hall–Kier alpha value is -3.70. The maximum absolute atomic E-state index is 13.4. The first-order valence-electron chi connectivity index (χ1n) is 11.6. The summed E-state index contributed by atoms with van der Waals surface area (Å²) >= 11 is 0. The number of carbonyl (C=O) groups is 2. The number of nitrogens with one attached hydrogen (secondary N) is 1. The van der Waals surface area contributed by atoms with E-state index in [4.69, 9.17) is 4.74 Å². The molecule has 0 unspecified atom stereocenters. The van der Waals surface area contributed by atoms with Gasteiger partial charge in [0.1, 0.15) is 6.04 Å². The zero-order chi connectivity index (χ0) is 25.4. The molecule has 2 N–H and O–H groups in total. The van der Waals surface area contributed by atoms with Gasteiger partial charge in [0.25, 0.3) is 0 Å². The highest BCUT2D eigenvalue weighted by molar-refractivity contribution is 7.89. The number of aliphatic carboxylic acids is 1. The SMILES string of the molecule is Cn1cnc2c1C[C@H](C(=O)O)N(S(=O)(=O)c1ccc(-c3ccc(NC(=O)OCC4CC4)cc3)cc1)C2. The first-order valence-corrected chi connectivity index (χ1v) is 13.0. The van der Waals surface area contributed by atoms with Crippen LogP contribution in [0.2, 0.25) is 0 Å². The molecule has 1 saturated carbocycles. The summed E-state index contributed by atoms with van der Waals surface area (Å²) in [5, 5.41) is 12.4. The van der Waals surface area contributed by atoms with E-state index in [9.17, 15) is 23.1 Å². The number of imidazole rings is 1. The van der Waals surface area contributed by atoms with E-state index in [2.05, 4.69) is 10.3 Å². The van der Waals surface area contributed by atoms with Gasteiger partial charge in [-0.05, 0) is 54.2 Å². The Kier molecular flexibility index (Phi) is 6.27. The van der Waals surface area contributed by atoms with Gasteiger partial charge in [-0.25, -0.2) is 18.2 Å². The predicted molar refractivity (Wildman–Crippen MR) is 131 cm³/mol. The van der Waals surface area contributed by atoms with Crippen LogP contribution in [0.5, 0.6) is 0 Å². The third-order valence-corrected chi connectivity index (χ3v) is 8.41. The van der Waals surface area contributed by atoms with Crippen LogP contribution in [-0.2, 0) is 39.6 Å². The Labute approximate surface area is 208 Å². The molecule has 3 aromatic rings. The van der Waals surface area contributed by atoms with Crippen molar-refractivity contribution < 1.29 is 27.9 Å². The van der Waals surface area contributed by atoms with Crippen molar-refractivity contribution in [2.75, 3.05) is 11.9 Å². The average Bonchev–Trinajstić information content (AvgIpc) is 3.64. The van der Waals surface area contributed by atoms with Gasteiger partial charge >= 0.3 is 12.1 Å². The number of amides is 1. The van der Waals surface area contributed by atoms with Crippen molar-refractivity contribution >= 4 is 27.8 Å². The second-order valence-electron chi connectivity index (χ2n) is 9.13. The summed E-state index contributed by atoms with van der Waals surface area (Å²) in [6, 6.07) is 12.2. The van der Waals surface area contributed by atoms with Gasteiger partial charge in [-0.2, -0.15) is 4.31 Å². The van der Waals surface area contributed by atoms with Gasteiger partial charge < -0.3 is 14.4 Å². The molecule has 0 bridgehead atoms. The van der Waals surface area contributed by atoms with Crippen molar-refractivity contribution in [3.05, 3.63) is 66.2 Å². The number of aryl methyl sites for hydroxylation is 1. The molecule has 11 heteroatoms. The van der Waals surface area contributed by atoms with Crippen LogP contribution >= 0.6 is 0 Å². The zero-order valence-corrected chi connectivity index (χ0v) is 20.4. The van der Waals surface area contributed by atoms with Crippen LogP contribution in [0.15, 0.2) is 59.8 Å². The lowest BCUT2D eigenvalue weighted by atomic mass is 10.1. The lowest BCUT2D eigenvalue weighted by Gasteiger charge is -2.31. The van der Waals surface area contributed by atoms with Gasteiger partial charge in [0.05, 0.1) is 30.1 Å². The van der Waals surface area contributed by atoms with Gasteiger partial charge in [-0.3, -0.25) is 10.1 Å². The highest BCUT2D eigenvalue weighted by atomic mass is 32.2. The summed E-state index contributed by atoms with van der Waals surface area (Å²) in [7, 11) is -2.31. The summed E-state index contributed by atoms with van der Waals surface area (Å²) in [5.41, 5.74) is 3.48. The number of aromatic nitrogens is 2. The second-order valence-corrected chi connectivity index (χ2v) is 11.0. The molecule has 1 fully saturated rings. The van der Waals surface area contributed by atoms with Crippen molar-refractivity contribution in [3.8, 4) is 11.1 Å². The van der Waals surface area contributed by atoms with Gasteiger partial charge in [0, 0.05) is 24.8 Å². The molecule has 1 aliphatic carbocycles. The highest BCUT2D eigenvalue weighted by Crippen LogP contribution is 2.31. The number of rotatable bonds is 7. The quantitative estimate of drug-likeness (QED) is 0.499. The number of ether oxygens (including phenoxy) is 1. The van der Waals surface area contributed by atoms with Crippen molar-refractivity contribution in [2.24, 2.45) is 13.0 Å². The van der Waals surface area contributed by atoms with Crippen molar-refractivity contribution in [3.63, 3.8) is 0 Å². The van der Waals surface area contributed by atoms with Crippen molar-refractivity contribution in [2.45, 2.75) is 36.7 Å². The Morgan fingerprint density at radius 1 is 1.08 bits per heavy atom. The summed E-state index contributed by atoms with van der Waals surface area (Å²) in [6.07, 6.45) is 3.33. The third kappa shape index (κ3) is 4.84. The molecule has 2 aromatic carbocycles. The van der Waals surface area contributed by atoms with Gasteiger partial charge in [-0.1, -0.05) is 24.3 Å². The van der Waals surface area contributed by atoms with E-state index in [0.29, 0.717) is 23.9 Å². The van der Waals surface area contributed by atoms with Gasteiger partial charge in [0.15, 0.2) is 0 Å². The molecule has 0 spiro atoms. The van der Waals surface area contributed by atoms with Crippen LogP contribution in [0.3, 0.4) is 0 Å². The van der Waals surface area contributed by atoms with Crippen molar-refractivity contribution in [1.29, 1.82) is 0 Å². The van der Waals surface area contributed by atoms with E-state index in [1.807, 2.05) is 12.1 Å². The maximum Gasteiger partial charge on any atom is 0.411 e. The molecule has 2 heterocycles. The molecule has 36 heavy (non-hydrogen) atoms. The van der Waals surface area contributed by atoms with Crippen molar-refractivity contribution in [1.82, 2.24) is 13.9 Å². The number of hydrogen-bond acceptors (Lipinski definition) is 6. The van der Waals surface area contributed by atoms with E-state index in [0.717, 1.165) is 34.0 Å². The zero-order valence-electron chi connectivity index (χ0n) is 19.6. The molecule has 1 aromatic heterocycles. The number of carbonyl (C=O) groups excluding carboxylic acids is 1. The monoisotopic (exact) mass is 510 g/mol. The number of fused-ring (bicyclic) bond motifs is 1. The minimum atomic E-state index is -4.07. The Bertz CT molecular complexity index is 1400. The minimum absolute atomic E-state index is 0.00794. The van der Waals surface area contributed by atoms with Crippen LogP contribution < -0.4 is 5.32 Å². The molecule has 1 amide bonds. The number of carboxylic acids is 1. The van der Waals surface area contributed by atoms with Gasteiger partial charge in [0.2, 0.25) is 10.0 Å². The fourth-order valence-corrected chi connectivity index (χ4v) is 5.78. The summed E-state index contributed by atoms with van der Waals surface area (Å²) in [4.78, 5) is 28.0.